The van der Waals surface area contributed by atoms with Crippen molar-refractivity contribution in [2.24, 2.45) is 0 Å². The molecular weight excluding hydrogens is 650 g/mol. The van der Waals surface area contributed by atoms with E-state index in [1.54, 1.807) is 37.5 Å². The molecule has 6 rings (SSSR count). The molecule has 1 saturated carbocycles. The molecule has 2 atom stereocenters. The van der Waals surface area contributed by atoms with Gasteiger partial charge in [-0.05, 0) is 49.7 Å². The first-order valence-electron chi connectivity index (χ1n) is 17.1. The van der Waals surface area contributed by atoms with Crippen LogP contribution >= 0.6 is 0 Å². The number of nitrogens with one attached hydrogen (secondary N) is 3. The van der Waals surface area contributed by atoms with Crippen LogP contribution in [0.15, 0.2) is 60.8 Å². The molecule has 3 heterocycles. The van der Waals surface area contributed by atoms with E-state index < -0.39 is 29.0 Å². The van der Waals surface area contributed by atoms with Crippen LogP contribution in [-0.4, -0.2) is 88.1 Å². The third kappa shape index (κ3) is 7.76. The predicted octanol–water partition coefficient (Wildman–Crippen LogP) is 4.08. The van der Waals surface area contributed by atoms with E-state index in [4.69, 9.17) is 9.47 Å². The molecule has 1 aromatic carbocycles. The van der Waals surface area contributed by atoms with Crippen molar-refractivity contribution in [3.63, 3.8) is 0 Å². The maximum absolute atomic E-state index is 13.6. The van der Waals surface area contributed by atoms with Gasteiger partial charge in [0.2, 0.25) is 5.82 Å². The number of benzene rings is 1. The standard InChI is InChI=1S/C37H45N9O5/c1-35(2,3)28-21-29(40-31(39-28)32(48)38-17-18-45(5)19-20-50-6)41-34(49)42-37(23-47)14-13-27(25-9-7-8-10-26(25)37)51-24-11-12-30-43-44-33(46(30)22-24)36(4)15-16-36/h7-14,21-23,27H,15-20H2,1-6H3,(H,38,48)(H2,39,40,41,42,49)/t27-,37-/m1/s1. The highest BCUT2D eigenvalue weighted by atomic mass is 16.5. The van der Waals surface area contributed by atoms with Gasteiger partial charge in [0.05, 0.1) is 18.5 Å². The number of anilines is 1. The van der Waals surface area contributed by atoms with E-state index in [-0.39, 0.29) is 17.1 Å². The molecule has 0 saturated heterocycles. The number of aromatic nitrogens is 5. The molecule has 0 radical (unpaired) electrons. The Morgan fingerprint density at radius 1 is 1.10 bits per heavy atom. The number of rotatable bonds is 13. The predicted molar refractivity (Wildman–Crippen MR) is 191 cm³/mol. The van der Waals surface area contributed by atoms with E-state index in [2.05, 4.69) is 43.0 Å². The van der Waals surface area contributed by atoms with Crippen LogP contribution in [0.4, 0.5) is 10.6 Å². The van der Waals surface area contributed by atoms with Gasteiger partial charge in [0.1, 0.15) is 29.0 Å². The number of fused-ring (bicyclic) bond motifs is 2. The Labute approximate surface area is 297 Å². The molecular formula is C37H45N9O5. The van der Waals surface area contributed by atoms with Crippen LogP contribution in [0, 0.1) is 0 Å². The Bertz CT molecular complexity index is 1970. The largest absolute Gasteiger partial charge is 0.480 e. The number of carbonyl (C=O) groups excluding carboxylic acids is 3. The van der Waals surface area contributed by atoms with Crippen molar-refractivity contribution in [2.45, 2.75) is 63.0 Å². The van der Waals surface area contributed by atoms with Crippen LogP contribution in [0.5, 0.6) is 5.75 Å². The lowest BCUT2D eigenvalue weighted by atomic mass is 9.81. The van der Waals surface area contributed by atoms with E-state index in [0.29, 0.717) is 43.0 Å². The van der Waals surface area contributed by atoms with Crippen molar-refractivity contribution in [1.29, 1.82) is 0 Å². The summed E-state index contributed by atoms with van der Waals surface area (Å²) in [5.41, 5.74) is 0.648. The van der Waals surface area contributed by atoms with Crippen molar-refractivity contribution in [3.8, 4) is 5.75 Å². The average molecular weight is 696 g/mol. The topological polar surface area (TPSA) is 165 Å². The monoisotopic (exact) mass is 695 g/mol. The Balaban J connectivity index is 1.19. The van der Waals surface area contributed by atoms with Crippen molar-refractivity contribution in [1.82, 2.24) is 40.1 Å². The third-order valence-electron chi connectivity index (χ3n) is 9.33. The van der Waals surface area contributed by atoms with E-state index in [9.17, 15) is 14.4 Å². The van der Waals surface area contributed by atoms with E-state index in [0.717, 1.165) is 36.4 Å². The molecule has 51 heavy (non-hydrogen) atoms. The lowest BCUT2D eigenvalue weighted by Crippen LogP contribution is -2.49. The molecule has 3 aromatic heterocycles. The lowest BCUT2D eigenvalue weighted by molar-refractivity contribution is -0.111. The van der Waals surface area contributed by atoms with Gasteiger partial charge >= 0.3 is 6.03 Å². The summed E-state index contributed by atoms with van der Waals surface area (Å²) in [6.07, 6.45) is 7.55. The average Bonchev–Trinajstić information content (AvgIpc) is 3.70. The number of hydrogen-bond acceptors (Lipinski definition) is 10. The minimum Gasteiger partial charge on any atom is -0.480 e. The highest BCUT2D eigenvalue weighted by Gasteiger charge is 2.43. The quantitative estimate of drug-likeness (QED) is 0.137. The van der Waals surface area contributed by atoms with Crippen molar-refractivity contribution in [2.75, 3.05) is 45.7 Å². The summed E-state index contributed by atoms with van der Waals surface area (Å²) in [5, 5.41) is 17.2. The molecule has 2 aliphatic rings. The normalized spacial score (nSPS) is 19.0. The molecule has 0 spiro atoms. The number of pyridine rings is 1. The number of amides is 3. The van der Waals surface area contributed by atoms with E-state index in [1.165, 1.54) is 0 Å². The van der Waals surface area contributed by atoms with Crippen LogP contribution in [-0.2, 0) is 25.9 Å². The minimum absolute atomic E-state index is 0.0145. The number of ether oxygens (including phenoxy) is 2. The van der Waals surface area contributed by atoms with Crippen molar-refractivity contribution in [3.05, 3.63) is 89.3 Å². The third-order valence-corrected chi connectivity index (χ3v) is 9.33. The second-order valence-corrected chi connectivity index (χ2v) is 14.5. The van der Waals surface area contributed by atoms with Crippen molar-refractivity contribution < 1.29 is 23.9 Å². The summed E-state index contributed by atoms with van der Waals surface area (Å²) in [6, 6.07) is 12.0. The van der Waals surface area contributed by atoms with Gasteiger partial charge in [-0.25, -0.2) is 14.8 Å². The lowest BCUT2D eigenvalue weighted by Gasteiger charge is -2.34. The number of aldehydes is 1. The molecule has 0 unspecified atom stereocenters. The summed E-state index contributed by atoms with van der Waals surface area (Å²) < 4.78 is 13.5. The van der Waals surface area contributed by atoms with Crippen LogP contribution < -0.4 is 20.7 Å². The van der Waals surface area contributed by atoms with E-state index >= 15 is 0 Å². The number of methoxy groups -OCH3 is 1. The highest BCUT2D eigenvalue weighted by Crippen LogP contribution is 2.47. The van der Waals surface area contributed by atoms with Crippen LogP contribution in [0.25, 0.3) is 5.65 Å². The smallest absolute Gasteiger partial charge is 0.321 e. The molecule has 1 fully saturated rings. The molecule has 14 nitrogen and oxygen atoms in total. The molecule has 4 aromatic rings. The van der Waals surface area contributed by atoms with E-state index in [1.807, 2.05) is 67.6 Å². The summed E-state index contributed by atoms with van der Waals surface area (Å²) in [5.74, 6) is 1.09. The number of nitrogens with zero attached hydrogens (tertiary/aromatic N) is 6. The number of likely N-dealkylation sites (N-methyl/N-ethyl adjacent to an activating group) is 1. The Morgan fingerprint density at radius 2 is 1.88 bits per heavy atom. The molecule has 0 bridgehead atoms. The van der Waals surface area contributed by atoms with Gasteiger partial charge in [0.15, 0.2) is 11.9 Å². The number of urea groups is 1. The second-order valence-electron chi connectivity index (χ2n) is 14.5. The molecule has 0 aliphatic heterocycles. The van der Waals surface area contributed by atoms with Gasteiger partial charge in [-0.3, -0.25) is 19.3 Å². The molecule has 3 N–H and O–H groups in total. The Hall–Kier alpha value is -5.21. The first-order chi connectivity index (χ1) is 24.3. The summed E-state index contributed by atoms with van der Waals surface area (Å²) >= 11 is 0. The number of carbonyl (C=O) groups is 3. The minimum atomic E-state index is -1.50. The van der Waals surface area contributed by atoms with Gasteiger partial charge in [-0.15, -0.1) is 10.2 Å². The zero-order valence-electron chi connectivity index (χ0n) is 29.9. The summed E-state index contributed by atoms with van der Waals surface area (Å²) in [7, 11) is 3.58. The SMILES string of the molecule is COCCN(C)CCNC(=O)c1nc(NC(=O)N[C@@]2(C=O)C=C[C@@H](Oc3ccc4nnc(C5(C)CC5)n4c3)c3ccccc32)cc(C(C)(C)C)n1. The van der Waals surface area contributed by atoms with Gasteiger partial charge in [-0.1, -0.05) is 52.0 Å². The zero-order chi connectivity index (χ0) is 36.4. The van der Waals surface area contributed by atoms with Crippen LogP contribution in [0.1, 0.15) is 79.9 Å². The first kappa shape index (κ1) is 35.6. The van der Waals surface area contributed by atoms with Gasteiger partial charge in [0, 0.05) is 49.2 Å². The fourth-order valence-corrected chi connectivity index (χ4v) is 5.94. The number of hydrogen-bond donors (Lipinski definition) is 3. The van der Waals surface area contributed by atoms with Crippen LogP contribution in [0.3, 0.4) is 0 Å². The van der Waals surface area contributed by atoms with Gasteiger partial charge in [0.25, 0.3) is 5.91 Å². The van der Waals surface area contributed by atoms with Crippen molar-refractivity contribution >= 4 is 29.7 Å². The molecule has 2 aliphatic carbocycles. The molecule has 14 heteroatoms. The van der Waals surface area contributed by atoms with Crippen LogP contribution in [0.2, 0.25) is 0 Å². The Kier molecular flexibility index (Phi) is 9.91. The highest BCUT2D eigenvalue weighted by molar-refractivity contribution is 5.94. The fourth-order valence-electron chi connectivity index (χ4n) is 5.94. The summed E-state index contributed by atoms with van der Waals surface area (Å²) in [6.45, 7) is 10.3. The Morgan fingerprint density at radius 3 is 2.61 bits per heavy atom. The zero-order valence-corrected chi connectivity index (χ0v) is 29.9. The maximum Gasteiger partial charge on any atom is 0.321 e. The van der Waals surface area contributed by atoms with Gasteiger partial charge < -0.3 is 25.0 Å². The molecule has 268 valence electrons. The summed E-state index contributed by atoms with van der Waals surface area (Å²) in [4.78, 5) is 50.4. The molecule has 3 amide bonds. The van der Waals surface area contributed by atoms with Gasteiger partial charge in [-0.2, -0.15) is 0 Å². The maximum atomic E-state index is 13.6. The fraction of sp³-hybridized carbons (Fsp3) is 0.432. The second kappa shape index (κ2) is 14.2. The first-order valence-corrected chi connectivity index (χ1v) is 17.1.